The number of hydrogen-bond donors (Lipinski definition) is 0. The molecule has 0 aromatic carbocycles. The molecule has 3 saturated heterocycles. The average molecular weight is 340 g/mol. The number of esters is 2. The summed E-state index contributed by atoms with van der Waals surface area (Å²) in [5.74, 6) is -1.77. The smallest absolute Gasteiger partial charge is 0.320 e. The predicted molar refractivity (Wildman–Crippen MR) is 56.8 cm³/mol. The number of cyclic esters (lactones) is 2. The van der Waals surface area contributed by atoms with Gasteiger partial charge in [0.2, 0.25) is 0 Å². The zero-order chi connectivity index (χ0) is 11.0. The van der Waals surface area contributed by atoms with Gasteiger partial charge in [0.05, 0.1) is 21.4 Å². The molecule has 82 valence electrons. The van der Waals surface area contributed by atoms with Gasteiger partial charge in [-0.05, 0) is 6.92 Å². The van der Waals surface area contributed by atoms with E-state index in [1.54, 1.807) is 0 Å². The molecule has 3 aliphatic heterocycles. The van der Waals surface area contributed by atoms with Gasteiger partial charge in [-0.3, -0.25) is 9.59 Å². The number of alkyl halides is 2. The first-order chi connectivity index (χ1) is 6.97. The Balaban J connectivity index is 2.09. The van der Waals surface area contributed by atoms with Crippen molar-refractivity contribution in [2.24, 2.45) is 11.8 Å². The first-order valence-corrected chi connectivity index (χ1v) is 6.51. The summed E-state index contributed by atoms with van der Waals surface area (Å²) in [7, 11) is 0. The van der Waals surface area contributed by atoms with E-state index in [0.717, 1.165) is 0 Å². The molecule has 3 aliphatic rings. The molecule has 15 heavy (non-hydrogen) atoms. The molecule has 4 nitrogen and oxygen atoms in total. The lowest BCUT2D eigenvalue weighted by Crippen LogP contribution is -2.49. The molecule has 3 heterocycles. The van der Waals surface area contributed by atoms with Crippen LogP contribution in [-0.2, 0) is 19.1 Å². The Morgan fingerprint density at radius 2 is 1.93 bits per heavy atom. The second kappa shape index (κ2) is 2.84. The molecule has 0 amide bonds. The summed E-state index contributed by atoms with van der Waals surface area (Å²) in [4.78, 5) is 23.1. The lowest BCUT2D eigenvalue weighted by molar-refractivity contribution is -0.158. The van der Waals surface area contributed by atoms with Crippen molar-refractivity contribution < 1.29 is 19.1 Å². The molecular formula is C9H8Br2O4. The lowest BCUT2D eigenvalue weighted by Gasteiger charge is -2.31. The third kappa shape index (κ3) is 1.01. The van der Waals surface area contributed by atoms with Crippen LogP contribution in [0.3, 0.4) is 0 Å². The minimum Gasteiger partial charge on any atom is -0.393 e. The Morgan fingerprint density at radius 1 is 1.27 bits per heavy atom. The van der Waals surface area contributed by atoms with E-state index < -0.39 is 29.4 Å². The van der Waals surface area contributed by atoms with Crippen LogP contribution in [0.1, 0.15) is 6.92 Å². The molecule has 3 fully saturated rings. The molecule has 0 aliphatic carbocycles. The summed E-state index contributed by atoms with van der Waals surface area (Å²) in [5.41, 5.74) is -0.632. The fraction of sp³-hybridized carbons (Fsp3) is 0.778. The third-order valence-corrected chi connectivity index (χ3v) is 6.83. The predicted octanol–water partition coefficient (Wildman–Crippen LogP) is 1.00. The van der Waals surface area contributed by atoms with Crippen molar-refractivity contribution in [2.45, 2.75) is 28.3 Å². The van der Waals surface area contributed by atoms with Gasteiger partial charge in [-0.2, -0.15) is 0 Å². The summed E-state index contributed by atoms with van der Waals surface area (Å²) >= 11 is 7.00. The van der Waals surface area contributed by atoms with Gasteiger partial charge in [0, 0.05) is 0 Å². The SMILES string of the molecule is C[C@]12O[C@@H]([C@H](Br)[C@@H]1Br)[C@H]1C(=O)OC(=O)[C@H]12. The highest BCUT2D eigenvalue weighted by atomic mass is 79.9. The molecule has 3 rings (SSSR count). The van der Waals surface area contributed by atoms with E-state index in [9.17, 15) is 9.59 Å². The van der Waals surface area contributed by atoms with E-state index in [0.29, 0.717) is 0 Å². The Morgan fingerprint density at radius 3 is 2.60 bits per heavy atom. The van der Waals surface area contributed by atoms with Crippen LogP contribution in [0.2, 0.25) is 0 Å². The van der Waals surface area contributed by atoms with Crippen LogP contribution in [0.5, 0.6) is 0 Å². The highest BCUT2D eigenvalue weighted by Crippen LogP contribution is 2.58. The van der Waals surface area contributed by atoms with E-state index in [4.69, 9.17) is 4.74 Å². The number of halogens is 2. The quantitative estimate of drug-likeness (QED) is 0.375. The van der Waals surface area contributed by atoms with E-state index in [1.807, 2.05) is 6.92 Å². The number of carbonyl (C=O) groups is 2. The van der Waals surface area contributed by atoms with Crippen LogP contribution in [0.4, 0.5) is 0 Å². The Labute approximate surface area is 103 Å². The van der Waals surface area contributed by atoms with Gasteiger partial charge in [-0.15, -0.1) is 0 Å². The summed E-state index contributed by atoms with van der Waals surface area (Å²) in [6, 6.07) is 0. The van der Waals surface area contributed by atoms with Gasteiger partial charge in [-0.25, -0.2) is 0 Å². The normalized spacial score (nSPS) is 57.1. The van der Waals surface area contributed by atoms with Crippen LogP contribution < -0.4 is 0 Å². The van der Waals surface area contributed by atoms with Crippen molar-refractivity contribution in [3.63, 3.8) is 0 Å². The third-order valence-electron chi connectivity index (χ3n) is 3.59. The molecule has 6 heteroatoms. The number of hydrogen-bond acceptors (Lipinski definition) is 4. The number of rotatable bonds is 0. The summed E-state index contributed by atoms with van der Waals surface area (Å²) < 4.78 is 10.4. The first-order valence-electron chi connectivity index (χ1n) is 4.68. The second-order valence-electron chi connectivity index (χ2n) is 4.36. The van der Waals surface area contributed by atoms with Gasteiger partial charge in [0.1, 0.15) is 11.8 Å². The summed E-state index contributed by atoms with van der Waals surface area (Å²) in [6.45, 7) is 1.85. The topological polar surface area (TPSA) is 52.6 Å². The molecule has 0 unspecified atom stereocenters. The minimum atomic E-state index is -0.632. The van der Waals surface area contributed by atoms with Crippen LogP contribution in [-0.4, -0.2) is 33.3 Å². The molecule has 0 radical (unpaired) electrons. The number of fused-ring (bicyclic) bond motifs is 5. The zero-order valence-corrected chi connectivity index (χ0v) is 10.9. The van der Waals surface area contributed by atoms with Gasteiger partial charge in [0.15, 0.2) is 0 Å². The molecule has 0 spiro atoms. The molecule has 0 saturated carbocycles. The highest BCUT2D eigenvalue weighted by molar-refractivity contribution is 9.12. The maximum atomic E-state index is 11.6. The first kappa shape index (κ1) is 10.2. The van der Waals surface area contributed by atoms with Crippen molar-refractivity contribution in [1.29, 1.82) is 0 Å². The highest BCUT2D eigenvalue weighted by Gasteiger charge is 2.73. The molecule has 2 bridgehead atoms. The standard InChI is InChI=1S/C9H8Br2O4/c1-9-3-2(7(12)14-8(3)13)5(15-9)4(10)6(9)11/h2-6H,1H3/t2-,3-,4-,5+,6-,9+/m0/s1. The van der Waals surface area contributed by atoms with Crippen molar-refractivity contribution in [3.05, 3.63) is 0 Å². The van der Waals surface area contributed by atoms with Gasteiger partial charge >= 0.3 is 11.9 Å². The van der Waals surface area contributed by atoms with Crippen molar-refractivity contribution in [2.75, 3.05) is 0 Å². The molecular weight excluding hydrogens is 332 g/mol. The van der Waals surface area contributed by atoms with Crippen molar-refractivity contribution in [3.8, 4) is 0 Å². The average Bonchev–Trinajstić information content (AvgIpc) is 2.70. The monoisotopic (exact) mass is 338 g/mol. The van der Waals surface area contributed by atoms with Gasteiger partial charge in [-0.1, -0.05) is 31.9 Å². The number of carbonyl (C=O) groups excluding carboxylic acids is 2. The van der Waals surface area contributed by atoms with E-state index >= 15 is 0 Å². The lowest BCUT2D eigenvalue weighted by atomic mass is 9.74. The second-order valence-corrected chi connectivity index (χ2v) is 6.40. The zero-order valence-electron chi connectivity index (χ0n) is 7.78. The Kier molecular flexibility index (Phi) is 1.94. The van der Waals surface area contributed by atoms with Crippen molar-refractivity contribution >= 4 is 43.8 Å². The van der Waals surface area contributed by atoms with Crippen LogP contribution in [0.15, 0.2) is 0 Å². The minimum absolute atomic E-state index is 0.0229. The van der Waals surface area contributed by atoms with Crippen molar-refractivity contribution in [1.82, 2.24) is 0 Å². The fourth-order valence-corrected chi connectivity index (χ4v) is 4.50. The molecule has 6 atom stereocenters. The Hall–Kier alpha value is 0.0600. The van der Waals surface area contributed by atoms with Crippen LogP contribution >= 0.6 is 31.9 Å². The maximum absolute atomic E-state index is 11.6. The molecule has 0 aromatic heterocycles. The van der Waals surface area contributed by atoms with E-state index in [1.165, 1.54) is 0 Å². The largest absolute Gasteiger partial charge is 0.393 e. The molecule has 0 N–H and O–H groups in total. The van der Waals surface area contributed by atoms with Gasteiger partial charge in [0.25, 0.3) is 0 Å². The molecule has 0 aromatic rings. The maximum Gasteiger partial charge on any atom is 0.320 e. The summed E-state index contributed by atoms with van der Waals surface area (Å²) in [5, 5.41) is 0. The summed E-state index contributed by atoms with van der Waals surface area (Å²) in [6.07, 6.45) is -0.261. The Bertz CT molecular complexity index is 371. The van der Waals surface area contributed by atoms with E-state index in [2.05, 4.69) is 36.6 Å². The van der Waals surface area contributed by atoms with Crippen LogP contribution in [0, 0.1) is 11.8 Å². The van der Waals surface area contributed by atoms with Crippen LogP contribution in [0.25, 0.3) is 0 Å². The van der Waals surface area contributed by atoms with Gasteiger partial charge < -0.3 is 9.47 Å². The van der Waals surface area contributed by atoms with E-state index in [-0.39, 0.29) is 15.8 Å². The fourth-order valence-electron chi connectivity index (χ4n) is 2.85. The number of ether oxygens (including phenoxy) is 2.